The molecule has 17 heavy (non-hydrogen) atoms. The lowest BCUT2D eigenvalue weighted by Gasteiger charge is -2.16. The Kier molecular flexibility index (Phi) is 4.66. The first kappa shape index (κ1) is 13.7. The minimum atomic E-state index is -0.343. The summed E-state index contributed by atoms with van der Waals surface area (Å²) in [6.45, 7) is 5.81. The van der Waals surface area contributed by atoms with Crippen molar-refractivity contribution in [2.75, 3.05) is 13.2 Å². The Morgan fingerprint density at radius 3 is 2.59 bits per heavy atom. The van der Waals surface area contributed by atoms with Gasteiger partial charge in [0.15, 0.2) is 0 Å². The summed E-state index contributed by atoms with van der Waals surface area (Å²) >= 11 is 0. The molecule has 1 aliphatic heterocycles. The molecular weight excluding hydrogens is 222 g/mol. The Morgan fingerprint density at radius 1 is 1.47 bits per heavy atom. The summed E-state index contributed by atoms with van der Waals surface area (Å²) in [7, 11) is 0. The molecule has 1 atom stereocenters. The maximum absolute atomic E-state index is 11.9. The molecule has 5 heteroatoms. The maximum Gasteiger partial charge on any atom is 0.302 e. The van der Waals surface area contributed by atoms with Crippen molar-refractivity contribution < 1.29 is 19.1 Å². The molecule has 0 aromatic rings. The van der Waals surface area contributed by atoms with Crippen LogP contribution in [0.4, 0.5) is 0 Å². The largest absolute Gasteiger partial charge is 0.466 e. The Labute approximate surface area is 101 Å². The zero-order chi connectivity index (χ0) is 13.0. The number of rotatable bonds is 5. The van der Waals surface area contributed by atoms with Gasteiger partial charge in [-0.1, -0.05) is 13.8 Å². The van der Waals surface area contributed by atoms with Crippen LogP contribution in [-0.2, 0) is 19.1 Å². The van der Waals surface area contributed by atoms with E-state index in [2.05, 4.69) is 0 Å². The minimum absolute atomic E-state index is 0.0900. The van der Waals surface area contributed by atoms with Crippen LogP contribution in [0.2, 0.25) is 0 Å². The number of carbonyl (C=O) groups is 3. The topological polar surface area (TPSA) is 63.7 Å². The van der Waals surface area contributed by atoms with Crippen molar-refractivity contribution in [1.29, 1.82) is 0 Å². The van der Waals surface area contributed by atoms with E-state index in [1.54, 1.807) is 0 Å². The highest BCUT2D eigenvalue weighted by Crippen LogP contribution is 2.26. The van der Waals surface area contributed by atoms with Crippen LogP contribution in [0.3, 0.4) is 0 Å². The highest BCUT2D eigenvalue weighted by Gasteiger charge is 2.39. The fourth-order valence-corrected chi connectivity index (χ4v) is 1.90. The Balaban J connectivity index is 2.41. The number of amides is 2. The van der Waals surface area contributed by atoms with Gasteiger partial charge in [0.25, 0.3) is 0 Å². The molecular formula is C12H19NO4. The quantitative estimate of drug-likeness (QED) is 0.409. The predicted molar refractivity (Wildman–Crippen MR) is 60.9 cm³/mol. The van der Waals surface area contributed by atoms with Crippen molar-refractivity contribution in [2.24, 2.45) is 11.8 Å². The van der Waals surface area contributed by atoms with Gasteiger partial charge in [0.05, 0.1) is 6.61 Å². The fraction of sp³-hybridized carbons (Fsp3) is 0.750. The molecule has 0 bridgehead atoms. The Morgan fingerprint density at radius 2 is 2.12 bits per heavy atom. The zero-order valence-electron chi connectivity index (χ0n) is 10.6. The van der Waals surface area contributed by atoms with E-state index in [4.69, 9.17) is 4.74 Å². The monoisotopic (exact) mass is 241 g/mol. The first-order valence-electron chi connectivity index (χ1n) is 5.91. The van der Waals surface area contributed by atoms with Crippen molar-refractivity contribution in [2.45, 2.75) is 33.6 Å². The lowest BCUT2D eigenvalue weighted by atomic mass is 9.94. The van der Waals surface area contributed by atoms with Gasteiger partial charge >= 0.3 is 5.97 Å². The van der Waals surface area contributed by atoms with Gasteiger partial charge in [-0.05, 0) is 12.3 Å². The van der Waals surface area contributed by atoms with Crippen molar-refractivity contribution in [3.05, 3.63) is 0 Å². The number of ether oxygens (including phenoxy) is 1. The van der Waals surface area contributed by atoms with E-state index in [1.807, 2.05) is 13.8 Å². The van der Waals surface area contributed by atoms with E-state index in [-0.39, 0.29) is 36.2 Å². The zero-order valence-corrected chi connectivity index (χ0v) is 10.6. The highest BCUT2D eigenvalue weighted by atomic mass is 16.5. The van der Waals surface area contributed by atoms with Crippen LogP contribution in [0, 0.1) is 11.8 Å². The van der Waals surface area contributed by atoms with E-state index in [0.717, 1.165) is 0 Å². The molecule has 1 saturated heterocycles. The lowest BCUT2D eigenvalue weighted by molar-refractivity contribution is -0.141. The molecule has 0 aliphatic carbocycles. The van der Waals surface area contributed by atoms with Crippen molar-refractivity contribution in [3.8, 4) is 0 Å². The maximum atomic E-state index is 11.9. The normalized spacial score (nSPS) is 20.2. The summed E-state index contributed by atoms with van der Waals surface area (Å²) in [5.74, 6) is -0.547. The summed E-state index contributed by atoms with van der Waals surface area (Å²) in [4.78, 5) is 35.3. The van der Waals surface area contributed by atoms with Gasteiger partial charge in [0.2, 0.25) is 11.8 Å². The molecule has 1 aliphatic rings. The first-order chi connectivity index (χ1) is 7.93. The standard InChI is InChI=1S/C12H19NO4/c1-8(2)10-7-11(15)13(12(10)16)5-4-6-17-9(3)14/h8,10H,4-7H2,1-3H3. The number of hydrogen-bond donors (Lipinski definition) is 0. The van der Waals surface area contributed by atoms with Gasteiger partial charge < -0.3 is 4.74 Å². The van der Waals surface area contributed by atoms with Crippen LogP contribution < -0.4 is 0 Å². The van der Waals surface area contributed by atoms with Crippen LogP contribution in [0.1, 0.15) is 33.6 Å². The molecule has 0 radical (unpaired) electrons. The number of hydrogen-bond acceptors (Lipinski definition) is 4. The van der Waals surface area contributed by atoms with Crippen LogP contribution >= 0.6 is 0 Å². The van der Waals surface area contributed by atoms with Gasteiger partial charge in [-0.3, -0.25) is 19.3 Å². The summed E-state index contributed by atoms with van der Waals surface area (Å²) in [6, 6.07) is 0. The highest BCUT2D eigenvalue weighted by molar-refractivity contribution is 6.03. The number of nitrogens with zero attached hydrogens (tertiary/aromatic N) is 1. The molecule has 0 saturated carbocycles. The van der Waals surface area contributed by atoms with Crippen molar-refractivity contribution in [3.63, 3.8) is 0 Å². The number of likely N-dealkylation sites (tertiary alicyclic amines) is 1. The molecule has 0 aromatic carbocycles. The van der Waals surface area contributed by atoms with Gasteiger partial charge in [-0.25, -0.2) is 0 Å². The predicted octanol–water partition coefficient (Wildman–Crippen LogP) is 0.971. The molecule has 0 spiro atoms. The van der Waals surface area contributed by atoms with Crippen LogP contribution in [0.5, 0.6) is 0 Å². The third-order valence-corrected chi connectivity index (χ3v) is 2.91. The van der Waals surface area contributed by atoms with Gasteiger partial charge in [-0.2, -0.15) is 0 Å². The summed E-state index contributed by atoms with van der Waals surface area (Å²) < 4.78 is 4.76. The molecule has 96 valence electrons. The number of carbonyl (C=O) groups excluding carboxylic acids is 3. The van der Waals surface area contributed by atoms with Crippen LogP contribution in [0.15, 0.2) is 0 Å². The average molecular weight is 241 g/mol. The minimum Gasteiger partial charge on any atom is -0.466 e. The van der Waals surface area contributed by atoms with E-state index in [9.17, 15) is 14.4 Å². The van der Waals surface area contributed by atoms with Gasteiger partial charge in [0, 0.05) is 25.8 Å². The second kappa shape index (κ2) is 5.80. The molecule has 1 rings (SSSR count). The van der Waals surface area contributed by atoms with Crippen LogP contribution in [0.25, 0.3) is 0 Å². The van der Waals surface area contributed by atoms with Crippen LogP contribution in [-0.4, -0.2) is 35.8 Å². The molecule has 2 amide bonds. The molecule has 1 unspecified atom stereocenters. The van der Waals surface area contributed by atoms with Crippen molar-refractivity contribution in [1.82, 2.24) is 4.90 Å². The summed E-state index contributed by atoms with van der Waals surface area (Å²) in [6.07, 6.45) is 0.811. The molecule has 1 fully saturated rings. The van der Waals surface area contributed by atoms with Gasteiger partial charge in [-0.15, -0.1) is 0 Å². The molecule has 1 heterocycles. The van der Waals surface area contributed by atoms with E-state index in [1.165, 1.54) is 11.8 Å². The lowest BCUT2D eigenvalue weighted by Crippen LogP contribution is -2.33. The third kappa shape index (κ3) is 3.54. The smallest absolute Gasteiger partial charge is 0.302 e. The van der Waals surface area contributed by atoms with E-state index in [0.29, 0.717) is 19.4 Å². The molecule has 0 N–H and O–H groups in total. The fourth-order valence-electron chi connectivity index (χ4n) is 1.90. The second-order valence-electron chi connectivity index (χ2n) is 4.63. The van der Waals surface area contributed by atoms with E-state index < -0.39 is 0 Å². The van der Waals surface area contributed by atoms with Gasteiger partial charge in [0.1, 0.15) is 0 Å². The Hall–Kier alpha value is -1.39. The van der Waals surface area contributed by atoms with E-state index >= 15 is 0 Å². The first-order valence-corrected chi connectivity index (χ1v) is 5.91. The second-order valence-corrected chi connectivity index (χ2v) is 4.63. The summed E-state index contributed by atoms with van der Waals surface area (Å²) in [5.41, 5.74) is 0. The molecule has 5 nitrogen and oxygen atoms in total. The SMILES string of the molecule is CC(=O)OCCCN1C(=O)CC(C(C)C)C1=O. The Bertz CT molecular complexity index is 324. The number of imide groups is 1. The molecule has 0 aromatic heterocycles. The summed E-state index contributed by atoms with van der Waals surface area (Å²) in [5, 5.41) is 0. The average Bonchev–Trinajstić information content (AvgIpc) is 2.50. The third-order valence-electron chi connectivity index (χ3n) is 2.91. The number of esters is 1. The van der Waals surface area contributed by atoms with Crippen molar-refractivity contribution >= 4 is 17.8 Å².